The lowest BCUT2D eigenvalue weighted by Crippen LogP contribution is -2.33. The lowest BCUT2D eigenvalue weighted by atomic mass is 10.1. The molecule has 6 nitrogen and oxygen atoms in total. The van der Waals surface area contributed by atoms with Crippen molar-refractivity contribution in [1.82, 2.24) is 5.32 Å². The van der Waals surface area contributed by atoms with Gasteiger partial charge in [0.15, 0.2) is 0 Å². The van der Waals surface area contributed by atoms with Gasteiger partial charge in [0.05, 0.1) is 0 Å². The summed E-state index contributed by atoms with van der Waals surface area (Å²) in [4.78, 5) is 32.4. The Morgan fingerprint density at radius 1 is 1.41 bits per heavy atom. The molecule has 17 heavy (non-hydrogen) atoms. The SMILES string of the molecule is CC(=O)Oc1ccccc1C(N)C(=O)NC=O. The highest BCUT2D eigenvalue weighted by Crippen LogP contribution is 2.23. The minimum Gasteiger partial charge on any atom is -0.426 e. The molecule has 0 bridgehead atoms. The minimum atomic E-state index is -1.07. The molecule has 0 heterocycles. The summed E-state index contributed by atoms with van der Waals surface area (Å²) in [5.41, 5.74) is 5.97. The van der Waals surface area contributed by atoms with E-state index in [0.717, 1.165) is 0 Å². The summed E-state index contributed by atoms with van der Waals surface area (Å²) in [6, 6.07) is 5.29. The van der Waals surface area contributed by atoms with Crippen molar-refractivity contribution in [2.24, 2.45) is 5.73 Å². The lowest BCUT2D eigenvalue weighted by molar-refractivity contribution is -0.132. The number of rotatable bonds is 4. The number of imide groups is 1. The van der Waals surface area contributed by atoms with E-state index in [4.69, 9.17) is 10.5 Å². The number of para-hydroxylation sites is 1. The molecule has 1 aromatic rings. The minimum absolute atomic E-state index is 0.202. The monoisotopic (exact) mass is 236 g/mol. The van der Waals surface area contributed by atoms with E-state index < -0.39 is 17.9 Å². The summed E-state index contributed by atoms with van der Waals surface area (Å²) in [5.74, 6) is -0.978. The largest absolute Gasteiger partial charge is 0.426 e. The molecule has 1 rings (SSSR count). The first kappa shape index (κ1) is 12.9. The molecule has 0 spiro atoms. The Hall–Kier alpha value is -2.21. The van der Waals surface area contributed by atoms with Gasteiger partial charge in [0.25, 0.3) is 0 Å². The predicted molar refractivity (Wildman–Crippen MR) is 58.9 cm³/mol. The van der Waals surface area contributed by atoms with Gasteiger partial charge in [0, 0.05) is 12.5 Å². The van der Waals surface area contributed by atoms with E-state index >= 15 is 0 Å². The number of hydrogen-bond donors (Lipinski definition) is 2. The highest BCUT2D eigenvalue weighted by Gasteiger charge is 2.19. The second-order valence-corrected chi connectivity index (χ2v) is 3.24. The van der Waals surface area contributed by atoms with Crippen LogP contribution in [0.25, 0.3) is 0 Å². The van der Waals surface area contributed by atoms with E-state index in [1.54, 1.807) is 18.2 Å². The van der Waals surface area contributed by atoms with Gasteiger partial charge in [-0.2, -0.15) is 0 Å². The highest BCUT2D eigenvalue weighted by atomic mass is 16.5. The van der Waals surface area contributed by atoms with E-state index in [1.807, 2.05) is 5.32 Å². The Labute approximate surface area is 97.7 Å². The highest BCUT2D eigenvalue weighted by molar-refractivity contribution is 5.91. The molecular formula is C11H12N2O4. The molecule has 90 valence electrons. The van der Waals surface area contributed by atoms with Gasteiger partial charge in [-0.3, -0.25) is 19.7 Å². The molecule has 0 saturated carbocycles. The summed E-state index contributed by atoms with van der Waals surface area (Å²) < 4.78 is 4.91. The summed E-state index contributed by atoms with van der Waals surface area (Å²) in [5, 5.41) is 1.94. The number of carbonyl (C=O) groups excluding carboxylic acids is 3. The Morgan fingerprint density at radius 2 is 2.06 bits per heavy atom. The zero-order chi connectivity index (χ0) is 12.8. The van der Waals surface area contributed by atoms with Crippen LogP contribution in [0.1, 0.15) is 18.5 Å². The molecule has 0 aliphatic heterocycles. The van der Waals surface area contributed by atoms with Gasteiger partial charge in [-0.1, -0.05) is 18.2 Å². The van der Waals surface area contributed by atoms with E-state index in [-0.39, 0.29) is 12.2 Å². The zero-order valence-electron chi connectivity index (χ0n) is 9.17. The number of amides is 2. The number of carbonyl (C=O) groups is 3. The third-order valence-electron chi connectivity index (χ3n) is 1.99. The molecule has 0 fully saturated rings. The van der Waals surface area contributed by atoms with Crippen LogP contribution in [0, 0.1) is 0 Å². The first-order valence-electron chi connectivity index (χ1n) is 4.83. The van der Waals surface area contributed by atoms with Crippen molar-refractivity contribution >= 4 is 18.3 Å². The van der Waals surface area contributed by atoms with Crippen molar-refractivity contribution in [1.29, 1.82) is 0 Å². The Morgan fingerprint density at radius 3 is 2.65 bits per heavy atom. The van der Waals surface area contributed by atoms with Gasteiger partial charge in [-0.15, -0.1) is 0 Å². The third kappa shape index (κ3) is 3.39. The molecule has 1 aromatic carbocycles. The van der Waals surface area contributed by atoms with Crippen molar-refractivity contribution in [2.45, 2.75) is 13.0 Å². The van der Waals surface area contributed by atoms with Crippen LogP contribution in [0.2, 0.25) is 0 Å². The Balaban J connectivity index is 2.99. The van der Waals surface area contributed by atoms with Crippen molar-refractivity contribution in [3.8, 4) is 5.75 Å². The van der Waals surface area contributed by atoms with Crippen LogP contribution in [0.3, 0.4) is 0 Å². The van der Waals surface area contributed by atoms with Gasteiger partial charge in [-0.25, -0.2) is 0 Å². The fraction of sp³-hybridized carbons (Fsp3) is 0.182. The smallest absolute Gasteiger partial charge is 0.308 e. The van der Waals surface area contributed by atoms with E-state index in [0.29, 0.717) is 5.56 Å². The maximum atomic E-state index is 11.4. The van der Waals surface area contributed by atoms with Crippen molar-refractivity contribution in [3.05, 3.63) is 29.8 Å². The first-order valence-corrected chi connectivity index (χ1v) is 4.83. The molecule has 0 saturated heterocycles. The van der Waals surface area contributed by atoms with Crippen LogP contribution in [0.5, 0.6) is 5.75 Å². The number of hydrogen-bond acceptors (Lipinski definition) is 5. The summed E-state index contributed by atoms with van der Waals surface area (Å²) in [6.07, 6.45) is 0.247. The molecule has 0 aliphatic carbocycles. The van der Waals surface area contributed by atoms with Crippen LogP contribution in [0.4, 0.5) is 0 Å². The fourth-order valence-corrected chi connectivity index (χ4v) is 1.27. The van der Waals surface area contributed by atoms with E-state index in [1.165, 1.54) is 13.0 Å². The van der Waals surface area contributed by atoms with Gasteiger partial charge in [-0.05, 0) is 6.07 Å². The Kier molecular flexibility index (Phi) is 4.36. The Bertz CT molecular complexity index is 445. The van der Waals surface area contributed by atoms with Crippen molar-refractivity contribution in [3.63, 3.8) is 0 Å². The normalized spacial score (nSPS) is 11.4. The van der Waals surface area contributed by atoms with Crippen LogP contribution >= 0.6 is 0 Å². The maximum Gasteiger partial charge on any atom is 0.308 e. The van der Waals surface area contributed by atoms with Crippen LogP contribution in [0.15, 0.2) is 24.3 Å². The molecule has 6 heteroatoms. The summed E-state index contributed by atoms with van der Waals surface area (Å²) >= 11 is 0. The maximum absolute atomic E-state index is 11.4. The molecule has 1 atom stereocenters. The molecule has 1 unspecified atom stereocenters. The van der Waals surface area contributed by atoms with Gasteiger partial charge in [0.2, 0.25) is 12.3 Å². The first-order chi connectivity index (χ1) is 8.06. The summed E-state index contributed by atoms with van der Waals surface area (Å²) in [7, 11) is 0. The van der Waals surface area contributed by atoms with Crippen LogP contribution in [-0.2, 0) is 14.4 Å². The molecule has 0 aromatic heterocycles. The standard InChI is InChI=1S/C11H12N2O4/c1-7(15)17-9-5-3-2-4-8(9)10(12)11(16)13-6-14/h2-6,10H,12H2,1H3,(H,13,14,16). The van der Waals surface area contributed by atoms with Crippen molar-refractivity contribution < 1.29 is 19.1 Å². The van der Waals surface area contributed by atoms with Gasteiger partial charge in [0.1, 0.15) is 11.8 Å². The van der Waals surface area contributed by atoms with E-state index in [9.17, 15) is 14.4 Å². The quantitative estimate of drug-likeness (QED) is 0.431. The number of ether oxygens (including phenoxy) is 1. The van der Waals surface area contributed by atoms with Gasteiger partial charge >= 0.3 is 5.97 Å². The number of benzene rings is 1. The second kappa shape index (κ2) is 5.76. The molecule has 0 aliphatic rings. The fourth-order valence-electron chi connectivity index (χ4n) is 1.27. The van der Waals surface area contributed by atoms with Crippen molar-refractivity contribution in [2.75, 3.05) is 0 Å². The molecular weight excluding hydrogens is 224 g/mol. The van der Waals surface area contributed by atoms with Crippen LogP contribution < -0.4 is 15.8 Å². The van der Waals surface area contributed by atoms with E-state index in [2.05, 4.69) is 0 Å². The lowest BCUT2D eigenvalue weighted by Gasteiger charge is -2.13. The molecule has 2 amide bonds. The molecule has 0 radical (unpaired) electrons. The third-order valence-corrected chi connectivity index (χ3v) is 1.99. The number of esters is 1. The average Bonchev–Trinajstić information content (AvgIpc) is 2.28. The molecule has 3 N–H and O–H groups in total. The predicted octanol–water partition coefficient (Wildman–Crippen LogP) is -0.116. The summed E-state index contributed by atoms with van der Waals surface area (Å²) in [6.45, 7) is 1.24. The van der Waals surface area contributed by atoms with Gasteiger partial charge < -0.3 is 10.5 Å². The average molecular weight is 236 g/mol. The number of nitrogens with two attached hydrogens (primary N) is 1. The van der Waals surface area contributed by atoms with Crippen LogP contribution in [-0.4, -0.2) is 18.3 Å². The zero-order valence-corrected chi connectivity index (χ0v) is 9.17. The number of nitrogens with one attached hydrogen (secondary N) is 1. The topological polar surface area (TPSA) is 98.5 Å². The second-order valence-electron chi connectivity index (χ2n) is 3.24.